The lowest BCUT2D eigenvalue weighted by atomic mass is 10.2. The average molecular weight is 399 g/mol. The molecule has 7 heteroatoms. The van der Waals surface area contributed by atoms with Crippen LogP contribution < -0.4 is 4.90 Å². The quantitative estimate of drug-likeness (QED) is 0.658. The van der Waals surface area contributed by atoms with Gasteiger partial charge in [-0.3, -0.25) is 9.20 Å². The smallest absolute Gasteiger partial charge is 0.223 e. The van der Waals surface area contributed by atoms with Crippen LogP contribution in [0.1, 0.15) is 36.6 Å². The lowest BCUT2D eigenvalue weighted by molar-refractivity contribution is -0.131. The van der Waals surface area contributed by atoms with Crippen molar-refractivity contribution in [3.63, 3.8) is 0 Å². The van der Waals surface area contributed by atoms with Gasteiger partial charge < -0.3 is 9.80 Å². The highest BCUT2D eigenvalue weighted by Gasteiger charge is 2.27. The molecule has 0 N–H and O–H groups in total. The maximum Gasteiger partial charge on any atom is 0.223 e. The van der Waals surface area contributed by atoms with E-state index in [1.54, 1.807) is 23.5 Å². The molecule has 1 aliphatic heterocycles. The Kier molecular flexibility index (Phi) is 4.55. The number of imidazole rings is 1. The van der Waals surface area contributed by atoms with Crippen LogP contribution in [0.2, 0.25) is 0 Å². The zero-order valence-corrected chi connectivity index (χ0v) is 16.5. The molecule has 2 fully saturated rings. The minimum atomic E-state index is -0.199. The van der Waals surface area contributed by atoms with E-state index >= 15 is 0 Å². The van der Waals surface area contributed by atoms with Crippen LogP contribution >= 0.6 is 11.3 Å². The van der Waals surface area contributed by atoms with Crippen molar-refractivity contribution in [2.45, 2.75) is 31.6 Å². The Hall–Kier alpha value is -2.41. The van der Waals surface area contributed by atoms with E-state index in [-0.39, 0.29) is 11.7 Å². The first-order valence-electron chi connectivity index (χ1n) is 9.91. The van der Waals surface area contributed by atoms with Crippen LogP contribution in [0.25, 0.3) is 4.96 Å². The topological polar surface area (TPSA) is 40.9 Å². The molecule has 0 bridgehead atoms. The van der Waals surface area contributed by atoms with Gasteiger partial charge in [0.15, 0.2) is 4.96 Å². The SMILES string of the molecule is O=C(CCc1csc2nc(C3CC3)cn12)N1CCN(c2ccccc2F)CC1. The third-order valence-corrected chi connectivity index (χ3v) is 6.61. The van der Waals surface area contributed by atoms with Crippen LogP contribution in [0, 0.1) is 5.82 Å². The number of anilines is 1. The lowest BCUT2D eigenvalue weighted by Crippen LogP contribution is -2.49. The van der Waals surface area contributed by atoms with E-state index in [0.29, 0.717) is 44.2 Å². The van der Waals surface area contributed by atoms with Gasteiger partial charge in [0, 0.05) is 55.8 Å². The summed E-state index contributed by atoms with van der Waals surface area (Å²) in [6.07, 6.45) is 5.88. The maximum atomic E-state index is 14.0. The van der Waals surface area contributed by atoms with Crippen molar-refractivity contribution in [1.29, 1.82) is 0 Å². The molecule has 1 saturated carbocycles. The first kappa shape index (κ1) is 17.7. The van der Waals surface area contributed by atoms with Crippen molar-refractivity contribution in [3.05, 3.63) is 53.0 Å². The standard InChI is InChI=1S/C21H23FN4OS/c22-17-3-1-2-4-19(17)24-9-11-25(12-10-24)20(27)8-7-16-14-28-21-23-18(13-26(16)21)15-5-6-15/h1-4,13-15H,5-12H2. The first-order chi connectivity index (χ1) is 13.7. The van der Waals surface area contributed by atoms with E-state index in [9.17, 15) is 9.18 Å². The number of fused-ring (bicyclic) bond motifs is 1. The summed E-state index contributed by atoms with van der Waals surface area (Å²) >= 11 is 1.65. The van der Waals surface area contributed by atoms with E-state index < -0.39 is 0 Å². The molecular formula is C21H23FN4OS. The van der Waals surface area contributed by atoms with Crippen molar-refractivity contribution in [2.75, 3.05) is 31.1 Å². The maximum absolute atomic E-state index is 14.0. The monoisotopic (exact) mass is 398 g/mol. The summed E-state index contributed by atoms with van der Waals surface area (Å²) in [7, 11) is 0. The number of thiazole rings is 1. The van der Waals surface area contributed by atoms with Crippen molar-refractivity contribution in [2.24, 2.45) is 0 Å². The molecule has 1 aromatic carbocycles. The number of aryl methyl sites for hydroxylation is 1. The molecule has 2 aromatic heterocycles. The number of amides is 1. The number of rotatable bonds is 5. The molecule has 28 heavy (non-hydrogen) atoms. The number of halogens is 1. The Balaban J connectivity index is 1.17. The van der Waals surface area contributed by atoms with Gasteiger partial charge in [-0.2, -0.15) is 0 Å². The van der Waals surface area contributed by atoms with Gasteiger partial charge in [0.1, 0.15) is 5.82 Å². The fourth-order valence-corrected chi connectivity index (χ4v) is 4.81. The minimum Gasteiger partial charge on any atom is -0.366 e. The molecule has 2 aliphatic rings. The second kappa shape index (κ2) is 7.20. The zero-order chi connectivity index (χ0) is 19.1. The highest BCUT2D eigenvalue weighted by atomic mass is 32.1. The molecule has 1 saturated heterocycles. The normalized spacial score (nSPS) is 17.5. The third-order valence-electron chi connectivity index (χ3n) is 5.72. The number of aromatic nitrogens is 2. The zero-order valence-electron chi connectivity index (χ0n) is 15.7. The van der Waals surface area contributed by atoms with E-state index in [4.69, 9.17) is 4.98 Å². The third kappa shape index (κ3) is 3.39. The van der Waals surface area contributed by atoms with E-state index in [1.807, 2.05) is 15.9 Å². The molecule has 0 radical (unpaired) electrons. The van der Waals surface area contributed by atoms with Crippen LogP contribution in [-0.4, -0.2) is 46.4 Å². The molecule has 5 rings (SSSR count). The predicted octanol–water partition coefficient (Wildman–Crippen LogP) is 3.69. The van der Waals surface area contributed by atoms with Crippen LogP contribution in [0.15, 0.2) is 35.8 Å². The van der Waals surface area contributed by atoms with Crippen molar-refractivity contribution < 1.29 is 9.18 Å². The summed E-state index contributed by atoms with van der Waals surface area (Å²) in [4.78, 5) is 22.3. The number of benzene rings is 1. The minimum absolute atomic E-state index is 0.176. The molecule has 0 unspecified atom stereocenters. The van der Waals surface area contributed by atoms with Crippen molar-refractivity contribution in [1.82, 2.24) is 14.3 Å². The van der Waals surface area contributed by atoms with Crippen LogP contribution in [0.3, 0.4) is 0 Å². The highest BCUT2D eigenvalue weighted by molar-refractivity contribution is 7.15. The molecule has 146 valence electrons. The summed E-state index contributed by atoms with van der Waals surface area (Å²) in [6.45, 7) is 2.62. The number of hydrogen-bond acceptors (Lipinski definition) is 4. The Labute approximate surface area is 167 Å². The molecule has 3 heterocycles. The lowest BCUT2D eigenvalue weighted by Gasteiger charge is -2.36. The van der Waals surface area contributed by atoms with Crippen LogP contribution in [-0.2, 0) is 11.2 Å². The van der Waals surface area contributed by atoms with Gasteiger partial charge in [0.05, 0.1) is 11.4 Å². The number of para-hydroxylation sites is 1. The van der Waals surface area contributed by atoms with Gasteiger partial charge in [0.25, 0.3) is 0 Å². The van der Waals surface area contributed by atoms with Gasteiger partial charge >= 0.3 is 0 Å². The highest BCUT2D eigenvalue weighted by Crippen LogP contribution is 2.40. The fourth-order valence-electron chi connectivity index (χ4n) is 3.90. The molecular weight excluding hydrogens is 375 g/mol. The molecule has 1 aliphatic carbocycles. The van der Waals surface area contributed by atoms with Gasteiger partial charge in [0.2, 0.25) is 5.91 Å². The fraction of sp³-hybridized carbons (Fsp3) is 0.429. The van der Waals surface area contributed by atoms with E-state index in [2.05, 4.69) is 16.0 Å². The number of carbonyl (C=O) groups excluding carboxylic acids is 1. The molecule has 3 aromatic rings. The summed E-state index contributed by atoms with van der Waals surface area (Å²) in [5.41, 5.74) is 2.99. The van der Waals surface area contributed by atoms with Crippen LogP contribution in [0.5, 0.6) is 0 Å². The summed E-state index contributed by atoms with van der Waals surface area (Å²) in [5, 5.41) is 2.11. The second-order valence-electron chi connectivity index (χ2n) is 7.64. The van der Waals surface area contributed by atoms with Gasteiger partial charge in [-0.15, -0.1) is 11.3 Å². The van der Waals surface area contributed by atoms with Gasteiger partial charge in [-0.1, -0.05) is 12.1 Å². The van der Waals surface area contributed by atoms with Crippen molar-refractivity contribution in [3.8, 4) is 0 Å². The summed E-state index contributed by atoms with van der Waals surface area (Å²) in [5.74, 6) is 0.622. The van der Waals surface area contributed by atoms with Gasteiger partial charge in [-0.05, 0) is 31.4 Å². The number of hydrogen-bond donors (Lipinski definition) is 0. The Morgan fingerprint density at radius 2 is 1.96 bits per heavy atom. The van der Waals surface area contributed by atoms with Gasteiger partial charge in [-0.25, -0.2) is 9.37 Å². The van der Waals surface area contributed by atoms with Crippen molar-refractivity contribution >= 4 is 27.9 Å². The largest absolute Gasteiger partial charge is 0.366 e. The number of nitrogens with zero attached hydrogens (tertiary/aromatic N) is 4. The second-order valence-corrected chi connectivity index (χ2v) is 8.48. The summed E-state index contributed by atoms with van der Waals surface area (Å²) in [6, 6.07) is 6.84. The predicted molar refractivity (Wildman–Crippen MR) is 109 cm³/mol. The average Bonchev–Trinajstić information content (AvgIpc) is 3.37. The van der Waals surface area contributed by atoms with E-state index in [1.165, 1.54) is 24.6 Å². The molecule has 5 nitrogen and oxygen atoms in total. The Morgan fingerprint density at radius 1 is 1.18 bits per heavy atom. The van der Waals surface area contributed by atoms with E-state index in [0.717, 1.165) is 17.1 Å². The Bertz CT molecular complexity index is 1000. The Morgan fingerprint density at radius 3 is 2.71 bits per heavy atom. The molecule has 0 atom stereocenters. The number of piperazine rings is 1. The molecule has 1 amide bonds. The van der Waals surface area contributed by atoms with Crippen LogP contribution in [0.4, 0.5) is 10.1 Å². The number of carbonyl (C=O) groups is 1. The molecule has 0 spiro atoms. The first-order valence-corrected chi connectivity index (χ1v) is 10.8. The summed E-state index contributed by atoms with van der Waals surface area (Å²) < 4.78 is 16.1.